The van der Waals surface area contributed by atoms with Crippen molar-refractivity contribution >= 4 is 67.1 Å². The number of nitrogens with zero attached hydrogens (tertiary/aromatic N) is 2. The van der Waals surface area contributed by atoms with Gasteiger partial charge in [-0.25, -0.2) is 4.98 Å². The number of nitrogens with one attached hydrogen (secondary N) is 1. The maximum atomic E-state index is 12.6. The molecule has 0 spiro atoms. The summed E-state index contributed by atoms with van der Waals surface area (Å²) >= 11 is 8.30. The Morgan fingerprint density at radius 2 is 2.07 bits per heavy atom. The number of fused-ring (bicyclic) bond motifs is 1. The van der Waals surface area contributed by atoms with Gasteiger partial charge in [-0.1, -0.05) is 46.8 Å². The number of amides is 3. The van der Waals surface area contributed by atoms with Gasteiger partial charge in [-0.15, -0.1) is 0 Å². The molecule has 6 nitrogen and oxygen atoms in total. The first-order chi connectivity index (χ1) is 13.0. The summed E-state index contributed by atoms with van der Waals surface area (Å²) < 4.78 is 0.884. The van der Waals surface area contributed by atoms with Gasteiger partial charge >= 0.3 is 0 Å². The lowest BCUT2D eigenvalue weighted by molar-refractivity contribution is -0.125. The zero-order valence-electron chi connectivity index (χ0n) is 13.8. The lowest BCUT2D eigenvalue weighted by Crippen LogP contribution is -2.28. The topological polar surface area (TPSA) is 79.4 Å². The van der Waals surface area contributed by atoms with Gasteiger partial charge in [-0.05, 0) is 35.9 Å². The van der Waals surface area contributed by atoms with Gasteiger partial charge in [0.25, 0.3) is 11.1 Å². The second-order valence-electron chi connectivity index (χ2n) is 5.82. The van der Waals surface area contributed by atoms with Crippen molar-refractivity contribution in [3.63, 3.8) is 0 Å². The van der Waals surface area contributed by atoms with E-state index >= 15 is 0 Å². The molecular formula is C18H12ClN3O3S2. The fourth-order valence-electron chi connectivity index (χ4n) is 2.65. The normalized spacial score (nSPS) is 14.2. The third kappa shape index (κ3) is 3.83. The summed E-state index contributed by atoms with van der Waals surface area (Å²) in [5.74, 6) is -0.357. The van der Waals surface area contributed by atoms with E-state index in [0.717, 1.165) is 22.0 Å². The number of benzene rings is 2. The molecule has 27 heavy (non-hydrogen) atoms. The van der Waals surface area contributed by atoms with E-state index in [2.05, 4.69) is 10.3 Å². The Balaban J connectivity index is 1.51. The highest BCUT2D eigenvalue weighted by atomic mass is 35.5. The first-order valence-corrected chi connectivity index (χ1v) is 10.1. The van der Waals surface area contributed by atoms with Crippen LogP contribution in [-0.4, -0.2) is 32.7 Å². The highest BCUT2D eigenvalue weighted by Crippen LogP contribution is 2.28. The number of halogens is 1. The summed E-state index contributed by atoms with van der Waals surface area (Å²) in [6.45, 7) is 0.158. The number of aromatic nitrogens is 1. The number of imide groups is 1. The molecule has 0 saturated carbocycles. The minimum absolute atomic E-state index is 0.158. The van der Waals surface area contributed by atoms with Crippen LogP contribution in [0.4, 0.5) is 9.93 Å². The molecule has 2 heterocycles. The smallest absolute Gasteiger partial charge is 0.289 e. The minimum atomic E-state index is -0.310. The molecule has 1 fully saturated rings. The number of thiazole rings is 1. The number of hydrogen-bond acceptors (Lipinski definition) is 6. The predicted octanol–water partition coefficient (Wildman–Crippen LogP) is 4.40. The fourth-order valence-corrected chi connectivity index (χ4v) is 4.51. The summed E-state index contributed by atoms with van der Waals surface area (Å²) in [4.78, 5) is 41.6. The molecule has 0 atom stereocenters. The van der Waals surface area contributed by atoms with Crippen molar-refractivity contribution in [2.75, 3.05) is 11.1 Å². The van der Waals surface area contributed by atoms with Crippen LogP contribution in [0.5, 0.6) is 0 Å². The lowest BCUT2D eigenvalue weighted by Gasteiger charge is -2.13. The van der Waals surface area contributed by atoms with E-state index < -0.39 is 0 Å². The number of thioether (sulfide) groups is 1. The average molecular weight is 418 g/mol. The van der Waals surface area contributed by atoms with Crippen LogP contribution in [0.3, 0.4) is 0 Å². The van der Waals surface area contributed by atoms with Crippen LogP contribution in [0.1, 0.15) is 15.9 Å². The van der Waals surface area contributed by atoms with Gasteiger partial charge in [0.2, 0.25) is 5.91 Å². The Labute approximate surface area is 167 Å². The Bertz CT molecular complexity index is 1070. The van der Waals surface area contributed by atoms with Gasteiger partial charge in [0.15, 0.2) is 5.13 Å². The van der Waals surface area contributed by atoms with E-state index in [1.807, 2.05) is 0 Å². The summed E-state index contributed by atoms with van der Waals surface area (Å²) in [7, 11) is 0. The van der Waals surface area contributed by atoms with Crippen LogP contribution in [-0.2, 0) is 11.3 Å². The van der Waals surface area contributed by atoms with Crippen molar-refractivity contribution in [3.8, 4) is 0 Å². The molecule has 136 valence electrons. The molecule has 1 aliphatic rings. The van der Waals surface area contributed by atoms with Crippen molar-refractivity contribution in [3.05, 3.63) is 58.6 Å². The van der Waals surface area contributed by atoms with Gasteiger partial charge < -0.3 is 0 Å². The number of carbonyl (C=O) groups is 3. The molecule has 1 aliphatic heterocycles. The summed E-state index contributed by atoms with van der Waals surface area (Å²) in [5, 5.41) is 3.61. The molecule has 0 radical (unpaired) electrons. The molecular weight excluding hydrogens is 406 g/mol. The van der Waals surface area contributed by atoms with Gasteiger partial charge in [0.1, 0.15) is 0 Å². The van der Waals surface area contributed by atoms with E-state index in [9.17, 15) is 14.4 Å². The maximum Gasteiger partial charge on any atom is 0.289 e. The largest absolute Gasteiger partial charge is 0.298 e. The number of rotatable bonds is 4. The SMILES string of the molecule is O=C(Nc1nc2ccc(Cl)cc2s1)c1cccc(CN2C(=O)CSC2=O)c1. The summed E-state index contributed by atoms with van der Waals surface area (Å²) in [6.07, 6.45) is 0. The minimum Gasteiger partial charge on any atom is -0.298 e. The molecule has 1 saturated heterocycles. The summed E-state index contributed by atoms with van der Waals surface area (Å²) in [5.41, 5.74) is 1.90. The summed E-state index contributed by atoms with van der Waals surface area (Å²) in [6, 6.07) is 12.2. The van der Waals surface area contributed by atoms with Gasteiger partial charge in [0.05, 0.1) is 22.5 Å². The zero-order valence-corrected chi connectivity index (χ0v) is 16.2. The van der Waals surface area contributed by atoms with E-state index in [1.54, 1.807) is 42.5 Å². The highest BCUT2D eigenvalue weighted by Gasteiger charge is 2.29. The Kier molecular flexibility index (Phi) is 4.86. The number of hydrogen-bond donors (Lipinski definition) is 1. The predicted molar refractivity (Wildman–Crippen MR) is 107 cm³/mol. The fraction of sp³-hybridized carbons (Fsp3) is 0.111. The molecule has 1 N–H and O–H groups in total. The van der Waals surface area contributed by atoms with Crippen LogP contribution in [0.15, 0.2) is 42.5 Å². The highest BCUT2D eigenvalue weighted by molar-refractivity contribution is 8.14. The van der Waals surface area contributed by atoms with E-state index in [4.69, 9.17) is 11.6 Å². The molecule has 0 unspecified atom stereocenters. The number of anilines is 1. The van der Waals surface area contributed by atoms with E-state index in [-0.39, 0.29) is 29.4 Å². The van der Waals surface area contributed by atoms with E-state index in [0.29, 0.717) is 21.3 Å². The van der Waals surface area contributed by atoms with Gasteiger partial charge in [0, 0.05) is 10.6 Å². The van der Waals surface area contributed by atoms with Crippen molar-refractivity contribution in [2.45, 2.75) is 6.54 Å². The van der Waals surface area contributed by atoms with Crippen molar-refractivity contribution in [1.82, 2.24) is 9.88 Å². The lowest BCUT2D eigenvalue weighted by atomic mass is 10.1. The molecule has 3 amide bonds. The van der Waals surface area contributed by atoms with Crippen LogP contribution >= 0.6 is 34.7 Å². The van der Waals surface area contributed by atoms with Gasteiger partial charge in [-0.3, -0.25) is 24.6 Å². The van der Waals surface area contributed by atoms with Crippen LogP contribution in [0.25, 0.3) is 10.2 Å². The van der Waals surface area contributed by atoms with Crippen molar-refractivity contribution < 1.29 is 14.4 Å². The van der Waals surface area contributed by atoms with E-state index in [1.165, 1.54) is 16.2 Å². The zero-order chi connectivity index (χ0) is 19.0. The third-order valence-electron chi connectivity index (χ3n) is 3.94. The Morgan fingerprint density at radius 3 is 2.85 bits per heavy atom. The maximum absolute atomic E-state index is 12.6. The van der Waals surface area contributed by atoms with Crippen molar-refractivity contribution in [1.29, 1.82) is 0 Å². The first-order valence-electron chi connectivity index (χ1n) is 7.93. The van der Waals surface area contributed by atoms with Crippen LogP contribution < -0.4 is 5.32 Å². The van der Waals surface area contributed by atoms with Gasteiger partial charge in [-0.2, -0.15) is 0 Å². The van der Waals surface area contributed by atoms with Crippen molar-refractivity contribution in [2.24, 2.45) is 0 Å². The molecule has 1 aromatic heterocycles. The Hall–Kier alpha value is -2.42. The monoisotopic (exact) mass is 417 g/mol. The molecule has 0 bridgehead atoms. The molecule has 2 aromatic carbocycles. The average Bonchev–Trinajstić information content (AvgIpc) is 3.18. The van der Waals surface area contributed by atoms with Crippen LogP contribution in [0, 0.1) is 0 Å². The van der Waals surface area contributed by atoms with Crippen LogP contribution in [0.2, 0.25) is 5.02 Å². The second-order valence-corrected chi connectivity index (χ2v) is 8.21. The second kappa shape index (κ2) is 7.30. The quantitative estimate of drug-likeness (QED) is 0.680. The third-order valence-corrected chi connectivity index (χ3v) is 5.97. The molecule has 4 rings (SSSR count). The molecule has 9 heteroatoms. The Morgan fingerprint density at radius 1 is 1.22 bits per heavy atom. The first kappa shape index (κ1) is 18.0. The number of carbonyl (C=O) groups excluding carboxylic acids is 3. The molecule has 3 aromatic rings. The standard InChI is InChI=1S/C18H12ClN3O3S2/c19-12-4-5-13-14(7-12)27-17(20-13)21-16(24)11-3-1-2-10(6-11)8-22-15(23)9-26-18(22)25/h1-7H,8-9H2,(H,20,21,24). The molecule has 0 aliphatic carbocycles.